The van der Waals surface area contributed by atoms with Crippen LogP contribution >= 0.6 is 0 Å². The third-order valence-electron chi connectivity index (χ3n) is 3.04. The van der Waals surface area contributed by atoms with Gasteiger partial charge in [0, 0.05) is 18.3 Å². The van der Waals surface area contributed by atoms with Crippen molar-refractivity contribution in [3.05, 3.63) is 53.7 Å². The standard InChI is InChI=1S/C16H18N2O4/c1-21-16(20)12-4-7-15(18-9-12)22-14-5-2-11(3-6-14)8-13(17)10-19/h2-7,9,13,19H,8,10,17H2,1H3/t13-/m0/s1. The normalized spacial score (nSPS) is 11.8. The van der Waals surface area contributed by atoms with Crippen molar-refractivity contribution in [2.75, 3.05) is 13.7 Å². The number of benzene rings is 1. The molecule has 0 unspecified atom stereocenters. The van der Waals surface area contributed by atoms with Crippen molar-refractivity contribution in [3.8, 4) is 11.6 Å². The van der Waals surface area contributed by atoms with Gasteiger partial charge in [-0.05, 0) is 30.2 Å². The Hall–Kier alpha value is -2.44. The molecule has 0 aliphatic heterocycles. The summed E-state index contributed by atoms with van der Waals surface area (Å²) in [7, 11) is 1.32. The number of methoxy groups -OCH3 is 1. The van der Waals surface area contributed by atoms with Gasteiger partial charge in [0.2, 0.25) is 5.88 Å². The third kappa shape index (κ3) is 4.28. The fourth-order valence-electron chi connectivity index (χ4n) is 1.86. The lowest BCUT2D eigenvalue weighted by molar-refractivity contribution is 0.0600. The number of hydrogen-bond acceptors (Lipinski definition) is 6. The summed E-state index contributed by atoms with van der Waals surface area (Å²) >= 11 is 0. The number of carbonyl (C=O) groups is 1. The molecule has 0 aliphatic rings. The third-order valence-corrected chi connectivity index (χ3v) is 3.04. The van der Waals surface area contributed by atoms with Crippen LogP contribution in [0.3, 0.4) is 0 Å². The van der Waals surface area contributed by atoms with Crippen LogP contribution in [0.15, 0.2) is 42.6 Å². The van der Waals surface area contributed by atoms with E-state index in [9.17, 15) is 4.79 Å². The second kappa shape index (κ2) is 7.53. The molecular weight excluding hydrogens is 284 g/mol. The van der Waals surface area contributed by atoms with Gasteiger partial charge in [-0.25, -0.2) is 9.78 Å². The highest BCUT2D eigenvalue weighted by Crippen LogP contribution is 2.20. The number of aromatic nitrogens is 1. The Morgan fingerprint density at radius 3 is 2.55 bits per heavy atom. The minimum atomic E-state index is -0.441. The number of carbonyl (C=O) groups excluding carboxylic acids is 1. The summed E-state index contributed by atoms with van der Waals surface area (Å²) in [6, 6.07) is 10.3. The number of esters is 1. The molecule has 0 fully saturated rings. The molecule has 0 bridgehead atoms. The number of aliphatic hydroxyl groups excluding tert-OH is 1. The van der Waals surface area contributed by atoms with Crippen LogP contribution in [0.4, 0.5) is 0 Å². The monoisotopic (exact) mass is 302 g/mol. The summed E-state index contributed by atoms with van der Waals surface area (Å²) in [6.45, 7) is -0.0469. The van der Waals surface area contributed by atoms with Gasteiger partial charge in [0.05, 0.1) is 19.3 Å². The Balaban J connectivity index is 2.00. The molecule has 3 N–H and O–H groups in total. The van der Waals surface area contributed by atoms with Crippen molar-refractivity contribution in [2.24, 2.45) is 5.73 Å². The number of aliphatic hydroxyl groups is 1. The van der Waals surface area contributed by atoms with Gasteiger partial charge < -0.3 is 20.3 Å². The molecular formula is C16H18N2O4. The summed E-state index contributed by atoms with van der Waals surface area (Å²) in [4.78, 5) is 15.4. The quantitative estimate of drug-likeness (QED) is 0.786. The van der Waals surface area contributed by atoms with Crippen LogP contribution in [0.25, 0.3) is 0 Å². The summed E-state index contributed by atoms with van der Waals surface area (Å²) in [6.07, 6.45) is 2.00. The van der Waals surface area contributed by atoms with E-state index in [4.69, 9.17) is 15.6 Å². The van der Waals surface area contributed by atoms with Crippen LogP contribution in [0, 0.1) is 0 Å². The largest absolute Gasteiger partial charge is 0.465 e. The first kappa shape index (κ1) is 15.9. The summed E-state index contributed by atoms with van der Waals surface area (Å²) in [5.41, 5.74) is 7.07. The molecule has 22 heavy (non-hydrogen) atoms. The van der Waals surface area contributed by atoms with Crippen molar-refractivity contribution >= 4 is 5.97 Å². The van der Waals surface area contributed by atoms with E-state index in [0.29, 0.717) is 23.6 Å². The molecule has 1 heterocycles. The lowest BCUT2D eigenvalue weighted by Crippen LogP contribution is -2.26. The van der Waals surface area contributed by atoms with Crippen molar-refractivity contribution in [2.45, 2.75) is 12.5 Å². The van der Waals surface area contributed by atoms with E-state index < -0.39 is 5.97 Å². The molecule has 1 aromatic carbocycles. The Bertz CT molecular complexity index is 611. The molecule has 0 aliphatic carbocycles. The molecule has 6 heteroatoms. The first-order valence-electron chi connectivity index (χ1n) is 6.80. The molecule has 1 atom stereocenters. The van der Waals surface area contributed by atoms with E-state index in [1.165, 1.54) is 13.3 Å². The summed E-state index contributed by atoms with van der Waals surface area (Å²) < 4.78 is 10.2. The molecule has 6 nitrogen and oxygen atoms in total. The SMILES string of the molecule is COC(=O)c1ccc(Oc2ccc(C[C@H](N)CO)cc2)nc1. The number of pyridine rings is 1. The zero-order chi connectivity index (χ0) is 15.9. The maximum Gasteiger partial charge on any atom is 0.339 e. The average molecular weight is 302 g/mol. The van der Waals surface area contributed by atoms with E-state index in [1.54, 1.807) is 24.3 Å². The number of nitrogens with two attached hydrogens (primary N) is 1. The predicted molar refractivity (Wildman–Crippen MR) is 80.9 cm³/mol. The van der Waals surface area contributed by atoms with Gasteiger partial charge in [-0.3, -0.25) is 0 Å². The molecule has 2 rings (SSSR count). The van der Waals surface area contributed by atoms with Crippen LogP contribution in [0.2, 0.25) is 0 Å². The average Bonchev–Trinajstić information content (AvgIpc) is 2.56. The van der Waals surface area contributed by atoms with Crippen LogP contribution in [0.1, 0.15) is 15.9 Å². The first-order valence-corrected chi connectivity index (χ1v) is 6.80. The lowest BCUT2D eigenvalue weighted by Gasteiger charge is -2.09. The fraction of sp³-hybridized carbons (Fsp3) is 0.250. The van der Waals surface area contributed by atoms with Crippen LogP contribution in [0.5, 0.6) is 11.6 Å². The van der Waals surface area contributed by atoms with Gasteiger partial charge in [-0.1, -0.05) is 12.1 Å². The predicted octanol–water partition coefficient (Wildman–Crippen LogP) is 1.52. The van der Waals surface area contributed by atoms with Crippen LogP contribution in [-0.4, -0.2) is 35.8 Å². The molecule has 1 aromatic heterocycles. The Kier molecular flexibility index (Phi) is 5.46. The topological polar surface area (TPSA) is 94.7 Å². The van der Waals surface area contributed by atoms with Crippen molar-refractivity contribution in [1.29, 1.82) is 0 Å². The van der Waals surface area contributed by atoms with Gasteiger partial charge in [-0.2, -0.15) is 0 Å². The maximum atomic E-state index is 11.3. The molecule has 0 saturated carbocycles. The minimum absolute atomic E-state index is 0.0469. The highest BCUT2D eigenvalue weighted by molar-refractivity contribution is 5.88. The molecule has 0 spiro atoms. The molecule has 2 aromatic rings. The second-order valence-electron chi connectivity index (χ2n) is 4.77. The highest BCUT2D eigenvalue weighted by atomic mass is 16.5. The Labute approximate surface area is 128 Å². The lowest BCUT2D eigenvalue weighted by atomic mass is 10.1. The molecule has 116 valence electrons. The second-order valence-corrected chi connectivity index (χ2v) is 4.77. The zero-order valence-electron chi connectivity index (χ0n) is 12.2. The molecule has 0 radical (unpaired) electrons. The number of ether oxygens (including phenoxy) is 2. The van der Waals surface area contributed by atoms with Crippen molar-refractivity contribution in [3.63, 3.8) is 0 Å². The Morgan fingerprint density at radius 1 is 1.27 bits per heavy atom. The van der Waals surface area contributed by atoms with E-state index >= 15 is 0 Å². The fourth-order valence-corrected chi connectivity index (χ4v) is 1.86. The molecule has 0 saturated heterocycles. The number of rotatable bonds is 6. The Morgan fingerprint density at radius 2 is 2.00 bits per heavy atom. The van der Waals surface area contributed by atoms with Gasteiger partial charge in [0.1, 0.15) is 5.75 Å². The van der Waals surface area contributed by atoms with Gasteiger partial charge in [-0.15, -0.1) is 0 Å². The maximum absolute atomic E-state index is 11.3. The summed E-state index contributed by atoms with van der Waals surface area (Å²) in [5, 5.41) is 8.93. The van der Waals surface area contributed by atoms with Gasteiger partial charge >= 0.3 is 5.97 Å². The van der Waals surface area contributed by atoms with E-state index in [2.05, 4.69) is 9.72 Å². The van der Waals surface area contributed by atoms with E-state index in [-0.39, 0.29) is 12.6 Å². The van der Waals surface area contributed by atoms with Crippen molar-refractivity contribution < 1.29 is 19.4 Å². The number of nitrogens with zero attached hydrogens (tertiary/aromatic N) is 1. The highest BCUT2D eigenvalue weighted by Gasteiger charge is 2.07. The molecule has 0 amide bonds. The van der Waals surface area contributed by atoms with Crippen molar-refractivity contribution in [1.82, 2.24) is 4.98 Å². The van der Waals surface area contributed by atoms with Crippen LogP contribution in [-0.2, 0) is 11.2 Å². The minimum Gasteiger partial charge on any atom is -0.465 e. The number of hydrogen-bond donors (Lipinski definition) is 2. The van der Waals surface area contributed by atoms with Gasteiger partial charge in [0.15, 0.2) is 0 Å². The summed E-state index contributed by atoms with van der Waals surface area (Å²) in [5.74, 6) is 0.565. The van der Waals surface area contributed by atoms with Gasteiger partial charge in [0.25, 0.3) is 0 Å². The van der Waals surface area contributed by atoms with E-state index in [1.807, 2.05) is 12.1 Å². The van der Waals surface area contributed by atoms with E-state index in [0.717, 1.165) is 5.56 Å². The van der Waals surface area contributed by atoms with Crippen LogP contribution < -0.4 is 10.5 Å². The first-order chi connectivity index (χ1) is 10.6. The smallest absolute Gasteiger partial charge is 0.339 e. The zero-order valence-corrected chi connectivity index (χ0v) is 12.2.